The van der Waals surface area contributed by atoms with Gasteiger partial charge in [0.15, 0.2) is 0 Å². The van der Waals surface area contributed by atoms with E-state index in [0.29, 0.717) is 5.69 Å². The van der Waals surface area contributed by atoms with Crippen LogP contribution in [0.5, 0.6) is 0 Å². The minimum Gasteiger partial charge on any atom is -0.271 e. The first-order chi connectivity index (χ1) is 17.3. The van der Waals surface area contributed by atoms with Crippen LogP contribution in [-0.2, 0) is 27.7 Å². The summed E-state index contributed by atoms with van der Waals surface area (Å²) < 4.78 is 28.2. The van der Waals surface area contributed by atoms with E-state index < -0.39 is 22.5 Å². The average molecular weight is 498 g/mol. The van der Waals surface area contributed by atoms with Gasteiger partial charge in [-0.1, -0.05) is 54.6 Å². The average Bonchev–Trinajstić information content (AvgIpc) is 3.28. The number of amides is 1. The lowest BCUT2D eigenvalue weighted by molar-refractivity contribution is -0.119. The van der Waals surface area contributed by atoms with Crippen LogP contribution in [0.4, 0.5) is 5.69 Å². The molecule has 1 amide bonds. The first-order valence-corrected chi connectivity index (χ1v) is 13.3. The van der Waals surface area contributed by atoms with Gasteiger partial charge in [-0.25, -0.2) is 13.8 Å². The zero-order valence-corrected chi connectivity index (χ0v) is 21.0. The molecule has 4 aromatic rings. The number of rotatable bonds is 7. The van der Waals surface area contributed by atoms with E-state index in [9.17, 15) is 13.2 Å². The van der Waals surface area contributed by atoms with Crippen molar-refractivity contribution in [2.24, 2.45) is 5.10 Å². The maximum atomic E-state index is 13.5. The Labute approximate surface area is 211 Å². The molecular formula is C29H27N3O3S. The highest BCUT2D eigenvalue weighted by Gasteiger charge is 2.27. The molecule has 6 nitrogen and oxygen atoms in total. The number of hydrogen-bond donors (Lipinski definition) is 1. The zero-order valence-electron chi connectivity index (χ0n) is 20.2. The Morgan fingerprint density at radius 2 is 1.61 bits per heavy atom. The molecule has 0 saturated carbocycles. The topological polar surface area (TPSA) is 78.8 Å². The fourth-order valence-corrected chi connectivity index (χ4v) is 6.28. The summed E-state index contributed by atoms with van der Waals surface area (Å²) in [6, 6.07) is 24.0. The number of carbonyl (C=O) groups excluding carboxylic acids is 1. The number of sulfonamides is 1. The largest absolute Gasteiger partial charge is 0.271 e. The van der Waals surface area contributed by atoms with Crippen LogP contribution in [0.25, 0.3) is 10.8 Å². The fraction of sp³-hybridized carbons (Fsp3) is 0.172. The molecule has 1 N–H and O–H groups in total. The van der Waals surface area contributed by atoms with Crippen LogP contribution in [0.1, 0.15) is 27.8 Å². The number of hydrogen-bond acceptors (Lipinski definition) is 4. The monoisotopic (exact) mass is 497 g/mol. The first kappa shape index (κ1) is 23.8. The highest BCUT2D eigenvalue weighted by atomic mass is 32.2. The van der Waals surface area contributed by atoms with Gasteiger partial charge in [-0.15, -0.1) is 0 Å². The van der Waals surface area contributed by atoms with Gasteiger partial charge in [-0.2, -0.15) is 5.10 Å². The van der Waals surface area contributed by atoms with Crippen molar-refractivity contribution in [3.05, 3.63) is 107 Å². The molecule has 0 atom stereocenters. The molecule has 0 bridgehead atoms. The Morgan fingerprint density at radius 1 is 0.917 bits per heavy atom. The molecule has 36 heavy (non-hydrogen) atoms. The summed E-state index contributed by atoms with van der Waals surface area (Å²) >= 11 is 0. The molecule has 1 aliphatic rings. The SMILES string of the molecule is Cc1cc(C)cc(N(CC(=O)N/N=C\c2ccc3c4c(cccc24)CC3)S(=O)(=O)c2ccccc2)c1. The van der Waals surface area contributed by atoms with Crippen molar-refractivity contribution in [1.82, 2.24) is 5.43 Å². The fourth-order valence-electron chi connectivity index (χ4n) is 4.85. The molecule has 5 rings (SSSR count). The maximum Gasteiger partial charge on any atom is 0.264 e. The van der Waals surface area contributed by atoms with Crippen LogP contribution in [0.3, 0.4) is 0 Å². The number of nitrogens with one attached hydrogen (secondary N) is 1. The van der Waals surface area contributed by atoms with Crippen molar-refractivity contribution in [2.45, 2.75) is 31.6 Å². The van der Waals surface area contributed by atoms with Gasteiger partial charge in [0, 0.05) is 5.56 Å². The van der Waals surface area contributed by atoms with Crippen molar-refractivity contribution in [1.29, 1.82) is 0 Å². The van der Waals surface area contributed by atoms with Crippen LogP contribution >= 0.6 is 0 Å². The first-order valence-electron chi connectivity index (χ1n) is 11.8. The molecule has 0 heterocycles. The van der Waals surface area contributed by atoms with Crippen molar-refractivity contribution in [2.75, 3.05) is 10.8 Å². The van der Waals surface area contributed by atoms with E-state index in [1.54, 1.807) is 36.5 Å². The number of aryl methyl sites for hydroxylation is 4. The minimum absolute atomic E-state index is 0.119. The highest BCUT2D eigenvalue weighted by molar-refractivity contribution is 7.92. The van der Waals surface area contributed by atoms with Gasteiger partial charge in [0.2, 0.25) is 0 Å². The molecule has 182 valence electrons. The molecule has 0 spiro atoms. The predicted molar refractivity (Wildman–Crippen MR) is 144 cm³/mol. The zero-order chi connectivity index (χ0) is 25.3. The normalized spacial score (nSPS) is 12.8. The van der Waals surface area contributed by atoms with E-state index >= 15 is 0 Å². The third kappa shape index (κ3) is 4.62. The van der Waals surface area contributed by atoms with Crippen LogP contribution in [-0.4, -0.2) is 27.1 Å². The summed E-state index contributed by atoms with van der Waals surface area (Å²) in [5, 5.41) is 6.53. The van der Waals surface area contributed by atoms with Crippen molar-refractivity contribution < 1.29 is 13.2 Å². The van der Waals surface area contributed by atoms with Gasteiger partial charge in [-0.05, 0) is 84.0 Å². The van der Waals surface area contributed by atoms with Crippen molar-refractivity contribution in [3.8, 4) is 0 Å². The molecule has 0 aromatic heterocycles. The lowest BCUT2D eigenvalue weighted by Crippen LogP contribution is -2.39. The third-order valence-electron chi connectivity index (χ3n) is 6.42. The summed E-state index contributed by atoms with van der Waals surface area (Å²) in [4.78, 5) is 13.0. The quantitative estimate of drug-likeness (QED) is 0.291. The molecule has 0 fully saturated rings. The van der Waals surface area contributed by atoms with Gasteiger partial charge in [0.1, 0.15) is 6.54 Å². The van der Waals surface area contributed by atoms with Gasteiger partial charge in [0.05, 0.1) is 16.8 Å². The van der Waals surface area contributed by atoms with Gasteiger partial charge in [0.25, 0.3) is 15.9 Å². The second-order valence-corrected chi connectivity index (χ2v) is 11.0. The Bertz CT molecular complexity index is 1560. The Balaban J connectivity index is 1.40. The summed E-state index contributed by atoms with van der Waals surface area (Å²) in [7, 11) is -3.97. The summed E-state index contributed by atoms with van der Waals surface area (Å²) in [6.07, 6.45) is 3.69. The maximum absolute atomic E-state index is 13.5. The van der Waals surface area contributed by atoms with Gasteiger partial charge in [-0.3, -0.25) is 9.10 Å². The van der Waals surface area contributed by atoms with E-state index in [2.05, 4.69) is 28.7 Å². The number of nitrogens with zero attached hydrogens (tertiary/aromatic N) is 2. The number of hydrazone groups is 1. The Kier molecular flexibility index (Phi) is 6.33. The second-order valence-electron chi connectivity index (χ2n) is 9.12. The van der Waals surface area contributed by atoms with Crippen LogP contribution < -0.4 is 9.73 Å². The Hall–Kier alpha value is -3.97. The third-order valence-corrected chi connectivity index (χ3v) is 8.20. The lowest BCUT2D eigenvalue weighted by Gasteiger charge is -2.24. The Morgan fingerprint density at radius 3 is 2.33 bits per heavy atom. The predicted octanol–water partition coefficient (Wildman–Crippen LogP) is 4.90. The standard InChI is InChI=1S/C29H27N3O3S/c1-20-15-21(2)17-25(16-20)32(36(34,35)26-8-4-3-5-9-26)19-28(33)31-30-18-24-14-13-23-12-11-22-7-6-10-27(24)29(22)23/h3-10,13-18H,11-12,19H2,1-2H3,(H,31,33)/b30-18-. The molecule has 7 heteroatoms. The van der Waals surface area contributed by atoms with Crippen molar-refractivity contribution >= 4 is 38.6 Å². The highest BCUT2D eigenvalue weighted by Crippen LogP contribution is 2.32. The van der Waals surface area contributed by atoms with E-state index in [0.717, 1.165) is 39.2 Å². The smallest absolute Gasteiger partial charge is 0.264 e. The number of anilines is 1. The second kappa shape index (κ2) is 9.59. The van der Waals surface area contributed by atoms with E-state index in [1.165, 1.54) is 28.6 Å². The summed E-state index contributed by atoms with van der Waals surface area (Å²) in [6.45, 7) is 3.39. The molecule has 0 radical (unpaired) electrons. The molecule has 0 saturated heterocycles. The molecule has 0 unspecified atom stereocenters. The van der Waals surface area contributed by atoms with Gasteiger partial charge >= 0.3 is 0 Å². The lowest BCUT2D eigenvalue weighted by atomic mass is 10.0. The van der Waals surface area contributed by atoms with Crippen molar-refractivity contribution in [3.63, 3.8) is 0 Å². The number of carbonyl (C=O) groups is 1. The molecule has 4 aromatic carbocycles. The molecule has 0 aliphatic heterocycles. The van der Waals surface area contributed by atoms with Crippen LogP contribution in [0, 0.1) is 13.8 Å². The van der Waals surface area contributed by atoms with E-state index in [-0.39, 0.29) is 4.90 Å². The van der Waals surface area contributed by atoms with E-state index in [1.807, 2.05) is 32.0 Å². The molecule has 1 aliphatic carbocycles. The van der Waals surface area contributed by atoms with Crippen LogP contribution in [0.2, 0.25) is 0 Å². The summed E-state index contributed by atoms with van der Waals surface area (Å²) in [5.41, 5.74) is 8.33. The minimum atomic E-state index is -3.97. The van der Waals surface area contributed by atoms with E-state index in [4.69, 9.17) is 0 Å². The summed E-state index contributed by atoms with van der Waals surface area (Å²) in [5.74, 6) is -0.532. The molecular weight excluding hydrogens is 470 g/mol. The number of benzene rings is 4. The van der Waals surface area contributed by atoms with Crippen LogP contribution in [0.15, 0.2) is 88.9 Å². The van der Waals surface area contributed by atoms with Gasteiger partial charge < -0.3 is 0 Å².